The van der Waals surface area contributed by atoms with Gasteiger partial charge in [-0.3, -0.25) is 0 Å². The summed E-state index contributed by atoms with van der Waals surface area (Å²) in [4.78, 5) is 0. The first kappa shape index (κ1) is 13.9. The maximum absolute atomic E-state index is 8.76. The zero-order valence-corrected chi connectivity index (χ0v) is 11.2. The van der Waals surface area contributed by atoms with Crippen LogP contribution in [0.3, 0.4) is 0 Å². The number of nitrogens with zero attached hydrogens (tertiary/aromatic N) is 1. The minimum Gasteiger partial charge on any atom is -0.497 e. The first-order valence-corrected chi connectivity index (χ1v) is 6.27. The third-order valence-corrected chi connectivity index (χ3v) is 2.96. The van der Waals surface area contributed by atoms with Crippen molar-refractivity contribution in [3.8, 4) is 17.6 Å². The molecule has 0 fully saturated rings. The van der Waals surface area contributed by atoms with Crippen LogP contribution in [0, 0.1) is 11.3 Å². The number of hydrogen-bond donors (Lipinski definition) is 1. The molecule has 4 heteroatoms. The van der Waals surface area contributed by atoms with Gasteiger partial charge in [-0.1, -0.05) is 12.1 Å². The Bertz CT molecular complexity index is 585. The van der Waals surface area contributed by atoms with Gasteiger partial charge in [-0.25, -0.2) is 0 Å². The molecule has 1 atom stereocenters. The average molecular weight is 268 g/mol. The quantitative estimate of drug-likeness (QED) is 0.905. The van der Waals surface area contributed by atoms with Crippen molar-refractivity contribution in [2.75, 3.05) is 13.7 Å². The van der Waals surface area contributed by atoms with Crippen molar-refractivity contribution >= 4 is 0 Å². The van der Waals surface area contributed by atoms with Crippen LogP contribution in [-0.4, -0.2) is 13.7 Å². The Hall–Kier alpha value is -2.51. The smallest absolute Gasteiger partial charge is 0.136 e. The SMILES string of the molecule is COc1ccc(C(CN)Oc2ccc(C#N)cc2)cc1. The Labute approximate surface area is 118 Å². The topological polar surface area (TPSA) is 68.3 Å². The van der Waals surface area contributed by atoms with Crippen molar-refractivity contribution in [3.63, 3.8) is 0 Å². The molecule has 1 unspecified atom stereocenters. The highest BCUT2D eigenvalue weighted by atomic mass is 16.5. The summed E-state index contributed by atoms with van der Waals surface area (Å²) in [7, 11) is 1.63. The van der Waals surface area contributed by atoms with Gasteiger partial charge in [0.25, 0.3) is 0 Å². The molecule has 0 aromatic heterocycles. The third kappa shape index (κ3) is 3.28. The Kier molecular flexibility index (Phi) is 4.59. The molecule has 102 valence electrons. The molecule has 0 aliphatic rings. The number of methoxy groups -OCH3 is 1. The molecule has 2 rings (SSSR count). The summed E-state index contributed by atoms with van der Waals surface area (Å²) < 4.78 is 11.0. The summed E-state index contributed by atoms with van der Waals surface area (Å²) in [5.41, 5.74) is 7.36. The molecule has 20 heavy (non-hydrogen) atoms. The van der Waals surface area contributed by atoms with E-state index in [1.54, 1.807) is 31.4 Å². The molecule has 0 radical (unpaired) electrons. The average Bonchev–Trinajstić information content (AvgIpc) is 2.53. The fourth-order valence-corrected chi connectivity index (χ4v) is 1.84. The monoisotopic (exact) mass is 268 g/mol. The van der Waals surface area contributed by atoms with Crippen molar-refractivity contribution in [2.45, 2.75) is 6.10 Å². The van der Waals surface area contributed by atoms with E-state index in [4.69, 9.17) is 20.5 Å². The third-order valence-electron chi connectivity index (χ3n) is 2.96. The molecule has 0 aliphatic carbocycles. The van der Waals surface area contributed by atoms with E-state index in [-0.39, 0.29) is 6.10 Å². The number of nitrogens with two attached hydrogens (primary N) is 1. The Morgan fingerprint density at radius 2 is 1.65 bits per heavy atom. The van der Waals surface area contributed by atoms with Crippen LogP contribution >= 0.6 is 0 Å². The van der Waals surface area contributed by atoms with Crippen LogP contribution in [0.25, 0.3) is 0 Å². The van der Waals surface area contributed by atoms with Crippen LogP contribution in [0.15, 0.2) is 48.5 Å². The van der Waals surface area contributed by atoms with Crippen molar-refractivity contribution in [2.24, 2.45) is 5.73 Å². The van der Waals surface area contributed by atoms with Gasteiger partial charge in [0.1, 0.15) is 17.6 Å². The maximum Gasteiger partial charge on any atom is 0.136 e. The lowest BCUT2D eigenvalue weighted by molar-refractivity contribution is 0.214. The van der Waals surface area contributed by atoms with Crippen LogP contribution in [0.4, 0.5) is 0 Å². The molecule has 0 spiro atoms. The first-order chi connectivity index (χ1) is 9.76. The van der Waals surface area contributed by atoms with Crippen molar-refractivity contribution in [1.82, 2.24) is 0 Å². The van der Waals surface area contributed by atoms with Gasteiger partial charge >= 0.3 is 0 Å². The largest absolute Gasteiger partial charge is 0.497 e. The minimum absolute atomic E-state index is 0.228. The summed E-state index contributed by atoms with van der Waals surface area (Å²) in [6, 6.07) is 16.7. The van der Waals surface area contributed by atoms with Gasteiger partial charge in [-0.15, -0.1) is 0 Å². The second-order valence-corrected chi connectivity index (χ2v) is 4.25. The molecule has 0 bridgehead atoms. The zero-order chi connectivity index (χ0) is 14.4. The lowest BCUT2D eigenvalue weighted by atomic mass is 10.1. The van der Waals surface area contributed by atoms with Crippen LogP contribution in [-0.2, 0) is 0 Å². The van der Waals surface area contributed by atoms with E-state index in [2.05, 4.69) is 6.07 Å². The van der Waals surface area contributed by atoms with Gasteiger partial charge in [0.15, 0.2) is 0 Å². The molecule has 0 heterocycles. The molecule has 2 N–H and O–H groups in total. The maximum atomic E-state index is 8.76. The number of hydrogen-bond acceptors (Lipinski definition) is 4. The predicted molar refractivity (Wildman–Crippen MR) is 76.6 cm³/mol. The van der Waals surface area contributed by atoms with Gasteiger partial charge < -0.3 is 15.2 Å². The highest BCUT2D eigenvalue weighted by Gasteiger charge is 2.11. The molecular formula is C16H16N2O2. The molecular weight excluding hydrogens is 252 g/mol. The van der Waals surface area contributed by atoms with E-state index in [1.807, 2.05) is 24.3 Å². The first-order valence-electron chi connectivity index (χ1n) is 6.27. The van der Waals surface area contributed by atoms with Crippen molar-refractivity contribution in [3.05, 3.63) is 59.7 Å². The van der Waals surface area contributed by atoms with Crippen LogP contribution in [0.1, 0.15) is 17.2 Å². The van der Waals surface area contributed by atoms with E-state index in [9.17, 15) is 0 Å². The van der Waals surface area contributed by atoms with Crippen molar-refractivity contribution < 1.29 is 9.47 Å². The summed E-state index contributed by atoms with van der Waals surface area (Å²) in [6.45, 7) is 0.367. The Morgan fingerprint density at radius 3 is 2.15 bits per heavy atom. The minimum atomic E-state index is -0.228. The zero-order valence-electron chi connectivity index (χ0n) is 11.2. The fraction of sp³-hybridized carbons (Fsp3) is 0.188. The summed E-state index contributed by atoms with van der Waals surface area (Å²) in [6.07, 6.45) is -0.228. The molecule has 0 amide bonds. The van der Waals surface area contributed by atoms with E-state index < -0.39 is 0 Å². The molecule has 0 aliphatic heterocycles. The highest BCUT2D eigenvalue weighted by Crippen LogP contribution is 2.23. The van der Waals surface area contributed by atoms with E-state index in [0.717, 1.165) is 11.3 Å². The lowest BCUT2D eigenvalue weighted by Crippen LogP contribution is -2.18. The molecule has 4 nitrogen and oxygen atoms in total. The van der Waals surface area contributed by atoms with Crippen LogP contribution in [0.2, 0.25) is 0 Å². The normalized spacial score (nSPS) is 11.4. The number of benzene rings is 2. The molecule has 2 aromatic rings. The van der Waals surface area contributed by atoms with Gasteiger partial charge in [-0.2, -0.15) is 5.26 Å². The molecule has 0 saturated carbocycles. The summed E-state index contributed by atoms with van der Waals surface area (Å²) in [5, 5.41) is 8.76. The van der Waals surface area contributed by atoms with Gasteiger partial charge in [0, 0.05) is 6.54 Å². The lowest BCUT2D eigenvalue weighted by Gasteiger charge is -2.18. The fourth-order valence-electron chi connectivity index (χ4n) is 1.84. The number of ether oxygens (including phenoxy) is 2. The summed E-state index contributed by atoms with van der Waals surface area (Å²) in [5.74, 6) is 1.48. The van der Waals surface area contributed by atoms with Crippen LogP contribution < -0.4 is 15.2 Å². The Morgan fingerprint density at radius 1 is 1.05 bits per heavy atom. The van der Waals surface area contributed by atoms with Gasteiger partial charge in [-0.05, 0) is 42.0 Å². The molecule has 2 aromatic carbocycles. The van der Waals surface area contributed by atoms with Crippen LogP contribution in [0.5, 0.6) is 11.5 Å². The van der Waals surface area contributed by atoms with E-state index >= 15 is 0 Å². The highest BCUT2D eigenvalue weighted by molar-refractivity contribution is 5.35. The standard InChI is InChI=1S/C16H16N2O2/c1-19-14-8-4-13(5-9-14)16(11-18)20-15-6-2-12(10-17)3-7-15/h2-9,16H,11,18H2,1H3. The Balaban J connectivity index is 2.12. The molecule has 0 saturated heterocycles. The van der Waals surface area contributed by atoms with E-state index in [0.29, 0.717) is 17.9 Å². The predicted octanol–water partition coefficient (Wildman–Crippen LogP) is 2.65. The number of nitriles is 1. The van der Waals surface area contributed by atoms with Gasteiger partial charge in [0.05, 0.1) is 18.7 Å². The second-order valence-electron chi connectivity index (χ2n) is 4.25. The summed E-state index contributed by atoms with van der Waals surface area (Å²) >= 11 is 0. The second kappa shape index (κ2) is 6.60. The van der Waals surface area contributed by atoms with E-state index in [1.165, 1.54) is 0 Å². The van der Waals surface area contributed by atoms with Gasteiger partial charge in [0.2, 0.25) is 0 Å². The number of rotatable bonds is 5. The van der Waals surface area contributed by atoms with Crippen molar-refractivity contribution in [1.29, 1.82) is 5.26 Å².